The van der Waals surface area contributed by atoms with Crippen LogP contribution in [0.4, 0.5) is 11.6 Å². The van der Waals surface area contributed by atoms with Crippen molar-refractivity contribution in [2.75, 3.05) is 36.5 Å². The zero-order valence-corrected chi connectivity index (χ0v) is 16.9. The van der Waals surface area contributed by atoms with E-state index in [1.807, 2.05) is 6.92 Å². The highest BCUT2D eigenvalue weighted by molar-refractivity contribution is 5.51. The van der Waals surface area contributed by atoms with Crippen LogP contribution in [-0.4, -0.2) is 63.6 Å². The van der Waals surface area contributed by atoms with E-state index in [9.17, 15) is 0 Å². The summed E-state index contributed by atoms with van der Waals surface area (Å²) in [6.07, 6.45) is 9.36. The number of rotatable bonds is 4. The Balaban J connectivity index is 1.33. The maximum Gasteiger partial charge on any atom is 0.136 e. The van der Waals surface area contributed by atoms with Gasteiger partial charge in [-0.1, -0.05) is 0 Å². The van der Waals surface area contributed by atoms with E-state index in [4.69, 9.17) is 4.98 Å². The quantitative estimate of drug-likeness (QED) is 0.807. The molecule has 7 heteroatoms. The van der Waals surface area contributed by atoms with Gasteiger partial charge in [0.1, 0.15) is 24.3 Å². The first kappa shape index (κ1) is 17.8. The molecule has 2 aromatic rings. The fourth-order valence-corrected chi connectivity index (χ4v) is 4.70. The summed E-state index contributed by atoms with van der Waals surface area (Å²) >= 11 is 0. The van der Waals surface area contributed by atoms with Crippen LogP contribution in [0.15, 0.2) is 18.7 Å². The molecule has 0 atom stereocenters. The SMILES string of the molecule is Cc1cc(N(C2CC2)C2CCN(c3ncnc4c3CN(C)CC4)CC2)ncn1. The predicted molar refractivity (Wildman–Crippen MR) is 110 cm³/mol. The predicted octanol–water partition coefficient (Wildman–Crippen LogP) is 2.20. The topological polar surface area (TPSA) is 61.3 Å². The van der Waals surface area contributed by atoms with Crippen LogP contribution in [0.2, 0.25) is 0 Å². The Labute approximate surface area is 166 Å². The summed E-state index contributed by atoms with van der Waals surface area (Å²) in [5.41, 5.74) is 3.62. The molecule has 0 unspecified atom stereocenters. The summed E-state index contributed by atoms with van der Waals surface area (Å²) in [5.74, 6) is 2.26. The fraction of sp³-hybridized carbons (Fsp3) is 0.619. The number of hydrogen-bond acceptors (Lipinski definition) is 7. The highest BCUT2D eigenvalue weighted by Gasteiger charge is 2.37. The molecule has 5 rings (SSSR count). The molecule has 0 radical (unpaired) electrons. The van der Waals surface area contributed by atoms with Crippen molar-refractivity contribution in [1.82, 2.24) is 24.8 Å². The number of likely N-dealkylation sites (N-methyl/N-ethyl adjacent to an activating group) is 1. The number of piperidine rings is 1. The van der Waals surface area contributed by atoms with Crippen LogP contribution in [0.5, 0.6) is 0 Å². The van der Waals surface area contributed by atoms with E-state index < -0.39 is 0 Å². The highest BCUT2D eigenvalue weighted by Crippen LogP contribution is 2.36. The molecule has 0 aromatic carbocycles. The van der Waals surface area contributed by atoms with E-state index in [1.54, 1.807) is 12.7 Å². The number of anilines is 2. The first-order chi connectivity index (χ1) is 13.7. The first-order valence-electron chi connectivity index (χ1n) is 10.5. The van der Waals surface area contributed by atoms with Crippen molar-refractivity contribution in [2.24, 2.45) is 0 Å². The number of nitrogens with zero attached hydrogens (tertiary/aromatic N) is 7. The van der Waals surface area contributed by atoms with Gasteiger partial charge in [0.2, 0.25) is 0 Å². The third kappa shape index (κ3) is 3.43. The molecular formula is C21H29N7. The van der Waals surface area contributed by atoms with Gasteiger partial charge in [-0.15, -0.1) is 0 Å². The largest absolute Gasteiger partial charge is 0.356 e. The molecule has 1 aliphatic carbocycles. The molecule has 1 saturated carbocycles. The first-order valence-corrected chi connectivity index (χ1v) is 10.5. The number of aromatic nitrogens is 4. The average Bonchev–Trinajstić information content (AvgIpc) is 3.53. The van der Waals surface area contributed by atoms with E-state index in [2.05, 4.69) is 42.8 Å². The molecule has 3 aliphatic rings. The van der Waals surface area contributed by atoms with Crippen LogP contribution in [-0.2, 0) is 13.0 Å². The lowest BCUT2D eigenvalue weighted by molar-refractivity contribution is 0.308. The Morgan fingerprint density at radius 3 is 2.43 bits per heavy atom. The van der Waals surface area contributed by atoms with Gasteiger partial charge in [0.05, 0.1) is 5.69 Å². The van der Waals surface area contributed by atoms with Gasteiger partial charge in [0.15, 0.2) is 0 Å². The van der Waals surface area contributed by atoms with E-state index >= 15 is 0 Å². The molecule has 148 valence electrons. The normalized spacial score (nSPS) is 20.9. The van der Waals surface area contributed by atoms with Gasteiger partial charge in [-0.25, -0.2) is 19.9 Å². The second-order valence-corrected chi connectivity index (χ2v) is 8.48. The monoisotopic (exact) mass is 379 g/mol. The molecule has 4 heterocycles. The van der Waals surface area contributed by atoms with E-state index in [0.29, 0.717) is 12.1 Å². The Morgan fingerprint density at radius 1 is 0.929 bits per heavy atom. The van der Waals surface area contributed by atoms with Crippen molar-refractivity contribution in [3.8, 4) is 0 Å². The molecule has 1 saturated heterocycles. The van der Waals surface area contributed by atoms with Crippen molar-refractivity contribution in [3.63, 3.8) is 0 Å². The van der Waals surface area contributed by atoms with Crippen molar-refractivity contribution < 1.29 is 0 Å². The molecule has 7 nitrogen and oxygen atoms in total. The van der Waals surface area contributed by atoms with Gasteiger partial charge in [-0.2, -0.15) is 0 Å². The number of aryl methyl sites for hydroxylation is 1. The van der Waals surface area contributed by atoms with Crippen molar-refractivity contribution in [3.05, 3.63) is 35.7 Å². The summed E-state index contributed by atoms with van der Waals surface area (Å²) in [7, 11) is 2.18. The standard InChI is InChI=1S/C21H29N7/c1-15-11-20(24-13-22-15)28(16-3-4-16)17-5-9-27(10-6-17)21-18-12-26(2)8-7-19(18)23-14-25-21/h11,13-14,16-17H,3-10,12H2,1-2H3. The van der Waals surface area contributed by atoms with E-state index in [-0.39, 0.29) is 0 Å². The van der Waals surface area contributed by atoms with Gasteiger partial charge < -0.3 is 14.7 Å². The molecule has 0 N–H and O–H groups in total. The minimum atomic E-state index is 0.554. The smallest absolute Gasteiger partial charge is 0.136 e. The second-order valence-electron chi connectivity index (χ2n) is 8.48. The Hall–Kier alpha value is -2.28. The van der Waals surface area contributed by atoms with Crippen LogP contribution in [0.1, 0.15) is 42.6 Å². The molecule has 2 aromatic heterocycles. The summed E-state index contributed by atoms with van der Waals surface area (Å²) in [6.45, 7) is 6.18. The van der Waals surface area contributed by atoms with Crippen LogP contribution in [0.25, 0.3) is 0 Å². The third-order valence-corrected chi connectivity index (χ3v) is 6.32. The Bertz CT molecular complexity index is 842. The number of hydrogen-bond donors (Lipinski definition) is 0. The third-order valence-electron chi connectivity index (χ3n) is 6.32. The van der Waals surface area contributed by atoms with Crippen LogP contribution >= 0.6 is 0 Å². The van der Waals surface area contributed by atoms with E-state index in [1.165, 1.54) is 24.1 Å². The molecule has 0 bridgehead atoms. The summed E-state index contributed by atoms with van der Waals surface area (Å²) < 4.78 is 0. The maximum atomic E-state index is 4.69. The van der Waals surface area contributed by atoms with Gasteiger partial charge in [0, 0.05) is 62.0 Å². The maximum absolute atomic E-state index is 4.69. The van der Waals surface area contributed by atoms with Crippen molar-refractivity contribution in [2.45, 2.75) is 57.7 Å². The van der Waals surface area contributed by atoms with Crippen LogP contribution in [0, 0.1) is 6.92 Å². The van der Waals surface area contributed by atoms with E-state index in [0.717, 1.165) is 62.8 Å². The zero-order chi connectivity index (χ0) is 19.1. The summed E-state index contributed by atoms with van der Waals surface area (Å²) in [5, 5.41) is 0. The van der Waals surface area contributed by atoms with Crippen molar-refractivity contribution >= 4 is 11.6 Å². The number of fused-ring (bicyclic) bond motifs is 1. The lowest BCUT2D eigenvalue weighted by atomic mass is 10.0. The Morgan fingerprint density at radius 2 is 1.68 bits per heavy atom. The van der Waals surface area contributed by atoms with Gasteiger partial charge >= 0.3 is 0 Å². The summed E-state index contributed by atoms with van der Waals surface area (Å²) in [6, 6.07) is 3.35. The van der Waals surface area contributed by atoms with Gasteiger partial charge in [-0.05, 0) is 39.7 Å². The minimum absolute atomic E-state index is 0.554. The molecule has 28 heavy (non-hydrogen) atoms. The average molecular weight is 380 g/mol. The van der Waals surface area contributed by atoms with Crippen molar-refractivity contribution in [1.29, 1.82) is 0 Å². The second kappa shape index (κ2) is 7.28. The fourth-order valence-electron chi connectivity index (χ4n) is 4.70. The minimum Gasteiger partial charge on any atom is -0.356 e. The molecule has 2 fully saturated rings. The zero-order valence-electron chi connectivity index (χ0n) is 16.9. The lowest BCUT2D eigenvalue weighted by Crippen LogP contribution is -2.47. The van der Waals surface area contributed by atoms with Gasteiger partial charge in [0.25, 0.3) is 0 Å². The van der Waals surface area contributed by atoms with Crippen LogP contribution in [0.3, 0.4) is 0 Å². The van der Waals surface area contributed by atoms with Gasteiger partial charge in [-0.3, -0.25) is 0 Å². The lowest BCUT2D eigenvalue weighted by Gasteiger charge is -2.40. The highest BCUT2D eigenvalue weighted by atomic mass is 15.3. The Kier molecular flexibility index (Phi) is 4.62. The molecule has 0 spiro atoms. The molecule has 0 amide bonds. The summed E-state index contributed by atoms with van der Waals surface area (Å²) in [4.78, 5) is 25.5. The molecule has 2 aliphatic heterocycles. The molecular weight excluding hydrogens is 350 g/mol. The van der Waals surface area contributed by atoms with Crippen LogP contribution < -0.4 is 9.80 Å².